The van der Waals surface area contributed by atoms with Gasteiger partial charge in [0.1, 0.15) is 12.7 Å². The SMILES string of the molecule is O=C(n1cncn1)n1nc(F)nc1F. The van der Waals surface area contributed by atoms with Crippen LogP contribution in [0.2, 0.25) is 0 Å². The lowest BCUT2D eigenvalue weighted by molar-refractivity contribution is 0.233. The highest BCUT2D eigenvalue weighted by Crippen LogP contribution is 1.96. The maximum Gasteiger partial charge on any atom is 0.374 e. The molecule has 0 saturated heterocycles. The van der Waals surface area contributed by atoms with E-state index in [1.165, 1.54) is 0 Å². The Kier molecular flexibility index (Phi) is 1.77. The van der Waals surface area contributed by atoms with Crippen molar-refractivity contribution in [3.63, 3.8) is 0 Å². The molecule has 2 heterocycles. The average Bonchev–Trinajstić information content (AvgIpc) is 2.73. The molecular weight excluding hydrogens is 198 g/mol. The molecule has 7 nitrogen and oxygen atoms in total. The monoisotopic (exact) mass is 200 g/mol. The van der Waals surface area contributed by atoms with Crippen molar-refractivity contribution in [3.8, 4) is 0 Å². The van der Waals surface area contributed by atoms with Gasteiger partial charge in [-0.25, -0.2) is 9.78 Å². The van der Waals surface area contributed by atoms with Gasteiger partial charge in [0.25, 0.3) is 0 Å². The predicted octanol–water partition coefficient (Wildman–Crippen LogP) is -0.336. The molecule has 0 spiro atoms. The molecule has 14 heavy (non-hydrogen) atoms. The predicted molar refractivity (Wildman–Crippen MR) is 36.2 cm³/mol. The standard InChI is InChI=1S/C5H2F2N6O/c6-3-10-4(7)13(11-3)5(14)12-2-8-1-9-12/h1-2H. The second kappa shape index (κ2) is 2.94. The van der Waals surface area contributed by atoms with E-state index in [1.807, 2.05) is 0 Å². The maximum absolute atomic E-state index is 12.7. The molecule has 0 aliphatic carbocycles. The Bertz CT molecular complexity index is 463. The smallest absolute Gasteiger partial charge is 0.243 e. The van der Waals surface area contributed by atoms with E-state index in [2.05, 4.69) is 20.2 Å². The van der Waals surface area contributed by atoms with Crippen LogP contribution in [0.1, 0.15) is 0 Å². The summed E-state index contributed by atoms with van der Waals surface area (Å²) in [5.41, 5.74) is 0. The Morgan fingerprint density at radius 2 is 2.21 bits per heavy atom. The first-order valence-electron chi connectivity index (χ1n) is 3.36. The normalized spacial score (nSPS) is 10.4. The van der Waals surface area contributed by atoms with Crippen LogP contribution in [0.5, 0.6) is 0 Å². The van der Waals surface area contributed by atoms with Gasteiger partial charge in [-0.05, 0) is 0 Å². The Hall–Kier alpha value is -2.19. The van der Waals surface area contributed by atoms with E-state index >= 15 is 0 Å². The van der Waals surface area contributed by atoms with Crippen molar-refractivity contribution in [2.75, 3.05) is 0 Å². The molecule has 0 bridgehead atoms. The fraction of sp³-hybridized carbons (Fsp3) is 0. The number of halogens is 2. The van der Waals surface area contributed by atoms with E-state index in [0.717, 1.165) is 12.7 Å². The molecule has 0 amide bonds. The van der Waals surface area contributed by atoms with Gasteiger partial charge in [-0.15, -0.1) is 9.78 Å². The second-order valence-corrected chi connectivity index (χ2v) is 2.18. The topological polar surface area (TPSA) is 78.5 Å². The minimum Gasteiger partial charge on any atom is -0.243 e. The van der Waals surface area contributed by atoms with Crippen molar-refractivity contribution < 1.29 is 13.6 Å². The highest BCUT2D eigenvalue weighted by Gasteiger charge is 2.17. The summed E-state index contributed by atoms with van der Waals surface area (Å²) in [4.78, 5) is 17.4. The minimum absolute atomic E-state index is 0.143. The highest BCUT2D eigenvalue weighted by molar-refractivity contribution is 5.76. The third kappa shape index (κ3) is 1.24. The van der Waals surface area contributed by atoms with Crippen LogP contribution in [0.4, 0.5) is 13.6 Å². The van der Waals surface area contributed by atoms with Gasteiger partial charge in [0.05, 0.1) is 0 Å². The van der Waals surface area contributed by atoms with Crippen LogP contribution in [0, 0.1) is 12.2 Å². The molecule has 0 fully saturated rings. The summed E-state index contributed by atoms with van der Waals surface area (Å²) in [6.45, 7) is 0. The fourth-order valence-corrected chi connectivity index (χ4v) is 0.795. The van der Waals surface area contributed by atoms with E-state index in [0.29, 0.717) is 4.68 Å². The summed E-state index contributed by atoms with van der Waals surface area (Å²) in [5.74, 6) is 0. The molecule has 72 valence electrons. The summed E-state index contributed by atoms with van der Waals surface area (Å²) in [7, 11) is 0. The molecule has 0 aromatic carbocycles. The molecule has 0 radical (unpaired) electrons. The molecule has 2 aromatic heterocycles. The molecule has 0 N–H and O–H groups in total. The van der Waals surface area contributed by atoms with Crippen molar-refractivity contribution in [2.45, 2.75) is 0 Å². The number of rotatable bonds is 0. The summed E-state index contributed by atoms with van der Waals surface area (Å²) in [6.07, 6.45) is -0.566. The number of carbonyl (C=O) groups is 1. The Balaban J connectivity index is 2.41. The Morgan fingerprint density at radius 3 is 2.71 bits per heavy atom. The van der Waals surface area contributed by atoms with Crippen molar-refractivity contribution in [3.05, 3.63) is 24.8 Å². The summed E-state index contributed by atoms with van der Waals surface area (Å²) in [6, 6.07) is -1.00. The number of hydrogen-bond acceptors (Lipinski definition) is 5. The van der Waals surface area contributed by atoms with Gasteiger partial charge in [-0.3, -0.25) is 0 Å². The lowest BCUT2D eigenvalue weighted by Gasteiger charge is -1.96. The van der Waals surface area contributed by atoms with Crippen LogP contribution in [0.15, 0.2) is 12.7 Å². The molecule has 0 aliphatic heterocycles. The Labute approximate surface area is 75.0 Å². The van der Waals surface area contributed by atoms with Gasteiger partial charge in [0, 0.05) is 0 Å². The van der Waals surface area contributed by atoms with Crippen LogP contribution in [0.3, 0.4) is 0 Å². The molecule has 0 atom stereocenters. The molecule has 2 rings (SSSR count). The summed E-state index contributed by atoms with van der Waals surface area (Å²) >= 11 is 0. The quantitative estimate of drug-likeness (QED) is 0.581. The minimum atomic E-state index is -1.34. The van der Waals surface area contributed by atoms with Crippen LogP contribution in [-0.4, -0.2) is 35.6 Å². The maximum atomic E-state index is 12.7. The molecule has 0 unspecified atom stereocenters. The van der Waals surface area contributed by atoms with Crippen molar-refractivity contribution >= 4 is 6.03 Å². The highest BCUT2D eigenvalue weighted by atomic mass is 19.1. The molecule has 9 heteroatoms. The van der Waals surface area contributed by atoms with Gasteiger partial charge in [0.2, 0.25) is 0 Å². The first-order valence-corrected chi connectivity index (χ1v) is 3.36. The largest absolute Gasteiger partial charge is 0.374 e. The summed E-state index contributed by atoms with van der Waals surface area (Å²) < 4.78 is 25.9. The van der Waals surface area contributed by atoms with Gasteiger partial charge >= 0.3 is 18.2 Å². The number of carbonyl (C=O) groups excluding carboxylic acids is 1. The molecule has 0 saturated carbocycles. The third-order valence-corrected chi connectivity index (χ3v) is 1.34. The van der Waals surface area contributed by atoms with E-state index < -0.39 is 18.2 Å². The fourth-order valence-electron chi connectivity index (χ4n) is 0.795. The van der Waals surface area contributed by atoms with Crippen molar-refractivity contribution in [1.29, 1.82) is 0 Å². The van der Waals surface area contributed by atoms with Crippen molar-refractivity contribution in [1.82, 2.24) is 29.5 Å². The zero-order chi connectivity index (χ0) is 10.1. The van der Waals surface area contributed by atoms with Crippen molar-refractivity contribution in [2.24, 2.45) is 0 Å². The third-order valence-electron chi connectivity index (χ3n) is 1.34. The second-order valence-electron chi connectivity index (χ2n) is 2.18. The Morgan fingerprint density at radius 1 is 1.43 bits per heavy atom. The van der Waals surface area contributed by atoms with Crippen LogP contribution in [0.25, 0.3) is 0 Å². The zero-order valence-corrected chi connectivity index (χ0v) is 6.50. The van der Waals surface area contributed by atoms with Crippen LogP contribution < -0.4 is 0 Å². The van der Waals surface area contributed by atoms with Crippen LogP contribution >= 0.6 is 0 Å². The van der Waals surface area contributed by atoms with Gasteiger partial charge in [-0.1, -0.05) is 0 Å². The lowest BCUT2D eigenvalue weighted by Crippen LogP contribution is -2.22. The van der Waals surface area contributed by atoms with E-state index in [9.17, 15) is 13.6 Å². The van der Waals surface area contributed by atoms with E-state index in [1.54, 1.807) is 0 Å². The van der Waals surface area contributed by atoms with Gasteiger partial charge in [-0.2, -0.15) is 23.5 Å². The molecule has 0 aliphatic rings. The average molecular weight is 200 g/mol. The first kappa shape index (κ1) is 8.41. The first-order chi connectivity index (χ1) is 6.68. The number of nitrogens with zero attached hydrogens (tertiary/aromatic N) is 6. The zero-order valence-electron chi connectivity index (χ0n) is 6.50. The number of hydrogen-bond donors (Lipinski definition) is 0. The van der Waals surface area contributed by atoms with E-state index in [4.69, 9.17) is 0 Å². The number of aromatic nitrogens is 6. The lowest BCUT2D eigenvalue weighted by atomic mass is 10.9. The van der Waals surface area contributed by atoms with E-state index in [-0.39, 0.29) is 4.68 Å². The van der Waals surface area contributed by atoms with Gasteiger partial charge < -0.3 is 0 Å². The van der Waals surface area contributed by atoms with Gasteiger partial charge in [0.15, 0.2) is 0 Å². The molecule has 2 aromatic rings. The van der Waals surface area contributed by atoms with Crippen LogP contribution in [-0.2, 0) is 0 Å². The summed E-state index contributed by atoms with van der Waals surface area (Å²) in [5, 5.41) is 6.31. The molecular formula is C5H2F2N6O.